The summed E-state index contributed by atoms with van der Waals surface area (Å²) < 4.78 is 0. The summed E-state index contributed by atoms with van der Waals surface area (Å²) in [5, 5.41) is 11.8. The molecule has 1 aliphatic carbocycles. The van der Waals surface area contributed by atoms with Crippen LogP contribution >= 0.6 is 0 Å². The molecule has 16 heavy (non-hydrogen) atoms. The van der Waals surface area contributed by atoms with Crippen molar-refractivity contribution >= 4 is 11.9 Å². The lowest BCUT2D eigenvalue weighted by Gasteiger charge is -2.32. The van der Waals surface area contributed by atoms with Gasteiger partial charge in [-0.05, 0) is 12.8 Å². The number of carbonyl (C=O) groups is 2. The third-order valence-corrected chi connectivity index (χ3v) is 3.15. The van der Waals surface area contributed by atoms with E-state index in [4.69, 9.17) is 6.42 Å². The summed E-state index contributed by atoms with van der Waals surface area (Å²) in [6.45, 7) is 0.161. The van der Waals surface area contributed by atoms with Gasteiger partial charge in [-0.25, -0.2) is 0 Å². The van der Waals surface area contributed by atoms with Crippen LogP contribution in [0.2, 0.25) is 0 Å². The highest BCUT2D eigenvalue weighted by molar-refractivity contribution is 5.85. The zero-order valence-corrected chi connectivity index (χ0v) is 9.29. The molecule has 1 fully saturated rings. The molecular weight excluding hydrogens is 206 g/mol. The Morgan fingerprint density at radius 2 is 1.94 bits per heavy atom. The zero-order valence-electron chi connectivity index (χ0n) is 9.29. The number of aliphatic carboxylic acids is 1. The number of carboxylic acid groups (broad SMARTS) is 1. The van der Waals surface area contributed by atoms with E-state index in [1.807, 2.05) is 0 Å². The standard InChI is InChI=1S/C12H17NO3/c1-2-8-13-10(14)9-12(11(15)16)6-4-3-5-7-12/h1H,3-9H2,(H,13,14)(H,15,16). The van der Waals surface area contributed by atoms with E-state index in [2.05, 4.69) is 11.2 Å². The van der Waals surface area contributed by atoms with Crippen LogP contribution in [0.4, 0.5) is 0 Å². The molecule has 0 aromatic rings. The fourth-order valence-corrected chi connectivity index (χ4v) is 2.21. The molecular formula is C12H17NO3. The fourth-order valence-electron chi connectivity index (χ4n) is 2.21. The van der Waals surface area contributed by atoms with Crippen LogP contribution in [0.1, 0.15) is 38.5 Å². The molecule has 0 aromatic heterocycles. The fraction of sp³-hybridized carbons (Fsp3) is 0.667. The van der Waals surface area contributed by atoms with Crippen LogP contribution < -0.4 is 5.32 Å². The molecule has 0 saturated heterocycles. The van der Waals surface area contributed by atoms with E-state index in [9.17, 15) is 14.7 Å². The second-order valence-corrected chi connectivity index (χ2v) is 4.30. The first-order valence-corrected chi connectivity index (χ1v) is 5.54. The van der Waals surface area contributed by atoms with Gasteiger partial charge < -0.3 is 10.4 Å². The van der Waals surface area contributed by atoms with E-state index in [-0.39, 0.29) is 18.9 Å². The van der Waals surface area contributed by atoms with Crippen LogP contribution in [0.25, 0.3) is 0 Å². The average molecular weight is 223 g/mol. The van der Waals surface area contributed by atoms with E-state index in [1.165, 1.54) is 0 Å². The van der Waals surface area contributed by atoms with Crippen LogP contribution in [-0.2, 0) is 9.59 Å². The van der Waals surface area contributed by atoms with Gasteiger partial charge in [0.1, 0.15) is 0 Å². The topological polar surface area (TPSA) is 66.4 Å². The molecule has 1 saturated carbocycles. The van der Waals surface area contributed by atoms with Crippen LogP contribution in [0.5, 0.6) is 0 Å². The maximum Gasteiger partial charge on any atom is 0.310 e. The van der Waals surface area contributed by atoms with E-state index in [0.29, 0.717) is 12.8 Å². The molecule has 1 amide bonds. The summed E-state index contributed by atoms with van der Waals surface area (Å²) in [6.07, 6.45) is 9.07. The lowest BCUT2D eigenvalue weighted by Crippen LogP contribution is -2.39. The van der Waals surface area contributed by atoms with Crippen molar-refractivity contribution in [1.82, 2.24) is 5.32 Å². The molecule has 0 atom stereocenters. The van der Waals surface area contributed by atoms with Crippen molar-refractivity contribution in [1.29, 1.82) is 0 Å². The predicted octanol–water partition coefficient (Wildman–Crippen LogP) is 1.16. The highest BCUT2D eigenvalue weighted by Crippen LogP contribution is 2.39. The number of hydrogen-bond donors (Lipinski definition) is 2. The van der Waals surface area contributed by atoms with Crippen LogP contribution in [0.15, 0.2) is 0 Å². The number of rotatable bonds is 4. The Bertz CT molecular complexity index is 311. The van der Waals surface area contributed by atoms with Crippen molar-refractivity contribution in [2.75, 3.05) is 6.54 Å². The van der Waals surface area contributed by atoms with E-state index in [0.717, 1.165) is 19.3 Å². The molecule has 0 heterocycles. The van der Waals surface area contributed by atoms with Crippen LogP contribution in [0, 0.1) is 17.8 Å². The molecule has 0 aliphatic heterocycles. The number of terminal acetylenes is 1. The number of amides is 1. The lowest BCUT2D eigenvalue weighted by molar-refractivity contribution is -0.154. The molecule has 0 radical (unpaired) electrons. The Morgan fingerprint density at radius 3 is 2.44 bits per heavy atom. The van der Waals surface area contributed by atoms with Gasteiger partial charge in [0.25, 0.3) is 0 Å². The molecule has 0 spiro atoms. The molecule has 0 bridgehead atoms. The zero-order chi connectivity index (χ0) is 12.0. The quantitative estimate of drug-likeness (QED) is 0.703. The van der Waals surface area contributed by atoms with Crippen molar-refractivity contribution in [2.45, 2.75) is 38.5 Å². The molecule has 4 heteroatoms. The summed E-state index contributed by atoms with van der Waals surface area (Å²) >= 11 is 0. The minimum atomic E-state index is -0.864. The minimum Gasteiger partial charge on any atom is -0.481 e. The van der Waals surface area contributed by atoms with Gasteiger partial charge in [-0.3, -0.25) is 9.59 Å². The Morgan fingerprint density at radius 1 is 1.31 bits per heavy atom. The molecule has 0 aromatic carbocycles. The Labute approximate surface area is 95.4 Å². The summed E-state index contributed by atoms with van der Waals surface area (Å²) in [7, 11) is 0. The summed E-state index contributed by atoms with van der Waals surface area (Å²) in [6, 6.07) is 0. The van der Waals surface area contributed by atoms with Gasteiger partial charge in [0.05, 0.1) is 12.0 Å². The maximum atomic E-state index is 11.5. The first-order valence-electron chi connectivity index (χ1n) is 5.54. The summed E-state index contributed by atoms with van der Waals surface area (Å²) in [5.74, 6) is 1.18. The maximum absolute atomic E-state index is 11.5. The van der Waals surface area contributed by atoms with Crippen LogP contribution in [0.3, 0.4) is 0 Å². The summed E-state index contributed by atoms with van der Waals surface area (Å²) in [5.41, 5.74) is -0.864. The van der Waals surface area contributed by atoms with E-state index in [1.54, 1.807) is 0 Å². The number of nitrogens with one attached hydrogen (secondary N) is 1. The van der Waals surface area contributed by atoms with Gasteiger partial charge in [-0.2, -0.15) is 0 Å². The molecule has 4 nitrogen and oxygen atoms in total. The largest absolute Gasteiger partial charge is 0.481 e. The van der Waals surface area contributed by atoms with Crippen LogP contribution in [-0.4, -0.2) is 23.5 Å². The molecule has 0 unspecified atom stereocenters. The normalized spacial score (nSPS) is 18.4. The van der Waals surface area contributed by atoms with E-state index < -0.39 is 11.4 Å². The molecule has 88 valence electrons. The average Bonchev–Trinajstić information content (AvgIpc) is 2.27. The second-order valence-electron chi connectivity index (χ2n) is 4.30. The second kappa shape index (κ2) is 5.55. The van der Waals surface area contributed by atoms with Crippen molar-refractivity contribution < 1.29 is 14.7 Å². The van der Waals surface area contributed by atoms with Gasteiger partial charge in [0.2, 0.25) is 5.91 Å². The Balaban J connectivity index is 2.61. The third kappa shape index (κ3) is 2.99. The first kappa shape index (κ1) is 12.6. The minimum absolute atomic E-state index is 0.0456. The number of hydrogen-bond acceptors (Lipinski definition) is 2. The van der Waals surface area contributed by atoms with Crippen molar-refractivity contribution in [2.24, 2.45) is 5.41 Å². The number of carbonyl (C=O) groups excluding carboxylic acids is 1. The molecule has 1 aliphatic rings. The third-order valence-electron chi connectivity index (χ3n) is 3.15. The van der Waals surface area contributed by atoms with E-state index >= 15 is 0 Å². The lowest BCUT2D eigenvalue weighted by atomic mass is 9.71. The number of carboxylic acids is 1. The van der Waals surface area contributed by atoms with Gasteiger partial charge in [0.15, 0.2) is 0 Å². The van der Waals surface area contributed by atoms with Crippen molar-refractivity contribution in [3.05, 3.63) is 0 Å². The Hall–Kier alpha value is -1.50. The van der Waals surface area contributed by atoms with Crippen molar-refractivity contribution in [3.63, 3.8) is 0 Å². The Kier molecular flexibility index (Phi) is 4.36. The summed E-state index contributed by atoms with van der Waals surface area (Å²) in [4.78, 5) is 22.8. The first-order chi connectivity index (χ1) is 7.60. The van der Waals surface area contributed by atoms with Gasteiger partial charge >= 0.3 is 5.97 Å². The highest BCUT2D eigenvalue weighted by atomic mass is 16.4. The predicted molar refractivity (Wildman–Crippen MR) is 59.6 cm³/mol. The van der Waals surface area contributed by atoms with Gasteiger partial charge in [0, 0.05) is 6.42 Å². The molecule has 2 N–H and O–H groups in total. The monoisotopic (exact) mass is 223 g/mol. The molecule has 1 rings (SSSR count). The highest BCUT2D eigenvalue weighted by Gasteiger charge is 2.41. The smallest absolute Gasteiger partial charge is 0.310 e. The van der Waals surface area contributed by atoms with Gasteiger partial charge in [-0.15, -0.1) is 6.42 Å². The SMILES string of the molecule is C#CCNC(=O)CC1(C(=O)O)CCCCC1. The van der Waals surface area contributed by atoms with Gasteiger partial charge in [-0.1, -0.05) is 25.2 Å². The van der Waals surface area contributed by atoms with Crippen molar-refractivity contribution in [3.8, 4) is 12.3 Å².